The molecule has 8 heteroatoms. The van der Waals surface area contributed by atoms with Crippen molar-refractivity contribution in [2.24, 2.45) is 4.99 Å². The second kappa shape index (κ2) is 10.5. The number of aliphatic imine (C=N–C) groups is 1. The van der Waals surface area contributed by atoms with Gasteiger partial charge in [-0.25, -0.2) is 0 Å². The predicted molar refractivity (Wildman–Crippen MR) is 115 cm³/mol. The molecular formula is C18H33IN6O. The first kappa shape index (κ1) is 21.4. The molecule has 1 aromatic rings. The molecule has 1 aliphatic heterocycles. The largest absolute Gasteiger partial charge is 0.379 e. The molecule has 0 aromatic carbocycles. The third-order valence-electron chi connectivity index (χ3n) is 5.66. The monoisotopic (exact) mass is 476 g/mol. The molecule has 3 N–H and O–H groups in total. The third-order valence-corrected chi connectivity index (χ3v) is 5.66. The first-order valence-electron chi connectivity index (χ1n) is 9.50. The highest BCUT2D eigenvalue weighted by Crippen LogP contribution is 2.33. The standard InChI is InChI=1S/C18H32N6O.HI/c1-15-16(13-22-23-15)12-20-17(19-2)21-14-18(6-4-3-5-7-18)24-8-10-25-11-9-24;/h13H,3-12,14H2,1-2H3,(H,22,23)(H2,19,20,21);1H. The number of guanidine groups is 1. The van der Waals surface area contributed by atoms with E-state index < -0.39 is 0 Å². The highest BCUT2D eigenvalue weighted by atomic mass is 127. The Morgan fingerprint density at radius 3 is 2.62 bits per heavy atom. The maximum atomic E-state index is 5.57. The number of halogens is 1. The number of hydrogen-bond acceptors (Lipinski definition) is 4. The molecule has 1 aromatic heterocycles. The van der Waals surface area contributed by atoms with Gasteiger partial charge in [0.25, 0.3) is 0 Å². The molecule has 0 bridgehead atoms. The zero-order valence-corrected chi connectivity index (χ0v) is 18.3. The van der Waals surface area contributed by atoms with Crippen molar-refractivity contribution < 1.29 is 4.74 Å². The fourth-order valence-corrected chi connectivity index (χ4v) is 4.05. The number of morpholine rings is 1. The number of rotatable bonds is 5. The van der Waals surface area contributed by atoms with E-state index in [1.165, 1.54) is 37.7 Å². The first-order chi connectivity index (χ1) is 12.2. The Balaban J connectivity index is 0.00000243. The lowest BCUT2D eigenvalue weighted by Crippen LogP contribution is -2.60. The van der Waals surface area contributed by atoms with Crippen molar-refractivity contribution in [3.05, 3.63) is 17.5 Å². The summed E-state index contributed by atoms with van der Waals surface area (Å²) in [6.45, 7) is 7.51. The maximum absolute atomic E-state index is 5.57. The van der Waals surface area contributed by atoms with Crippen LogP contribution in [0.25, 0.3) is 0 Å². The van der Waals surface area contributed by atoms with Crippen molar-refractivity contribution in [1.29, 1.82) is 0 Å². The van der Waals surface area contributed by atoms with Gasteiger partial charge in [-0.1, -0.05) is 19.3 Å². The van der Waals surface area contributed by atoms with E-state index in [1.807, 2.05) is 20.2 Å². The van der Waals surface area contributed by atoms with Crippen LogP contribution < -0.4 is 10.6 Å². The van der Waals surface area contributed by atoms with E-state index in [2.05, 4.69) is 30.7 Å². The molecule has 7 nitrogen and oxygen atoms in total. The zero-order valence-electron chi connectivity index (χ0n) is 16.0. The Morgan fingerprint density at radius 1 is 1.27 bits per heavy atom. The van der Waals surface area contributed by atoms with Crippen molar-refractivity contribution in [3.8, 4) is 0 Å². The van der Waals surface area contributed by atoms with Gasteiger partial charge in [0, 0.05) is 50.0 Å². The van der Waals surface area contributed by atoms with Gasteiger partial charge in [-0.05, 0) is 19.8 Å². The van der Waals surface area contributed by atoms with Crippen LogP contribution in [0, 0.1) is 6.92 Å². The summed E-state index contributed by atoms with van der Waals surface area (Å²) >= 11 is 0. The zero-order chi connectivity index (χ0) is 17.5. The summed E-state index contributed by atoms with van der Waals surface area (Å²) in [5.41, 5.74) is 2.51. The Bertz CT molecular complexity index is 564. The molecule has 2 fully saturated rings. The molecule has 148 valence electrons. The molecule has 2 heterocycles. The van der Waals surface area contributed by atoms with Crippen molar-refractivity contribution >= 4 is 29.9 Å². The molecule has 26 heavy (non-hydrogen) atoms. The number of nitrogens with zero attached hydrogens (tertiary/aromatic N) is 3. The lowest BCUT2D eigenvalue weighted by Gasteiger charge is -2.48. The Kier molecular flexibility index (Phi) is 8.62. The summed E-state index contributed by atoms with van der Waals surface area (Å²) in [5.74, 6) is 0.860. The number of nitrogens with one attached hydrogen (secondary N) is 3. The summed E-state index contributed by atoms with van der Waals surface area (Å²) < 4.78 is 5.57. The van der Waals surface area contributed by atoms with Gasteiger partial charge in [-0.3, -0.25) is 15.0 Å². The van der Waals surface area contributed by atoms with Gasteiger partial charge in [0.2, 0.25) is 0 Å². The van der Waals surface area contributed by atoms with E-state index in [1.54, 1.807) is 0 Å². The van der Waals surface area contributed by atoms with E-state index in [-0.39, 0.29) is 29.5 Å². The predicted octanol–water partition coefficient (Wildman–Crippen LogP) is 2.04. The molecule has 0 amide bonds. The van der Waals surface area contributed by atoms with Gasteiger partial charge in [0.05, 0.1) is 19.4 Å². The average Bonchev–Trinajstić information content (AvgIpc) is 3.08. The fraction of sp³-hybridized carbons (Fsp3) is 0.778. The Morgan fingerprint density at radius 2 is 2.00 bits per heavy atom. The molecule has 2 aliphatic rings. The molecule has 0 radical (unpaired) electrons. The number of aryl methyl sites for hydroxylation is 1. The van der Waals surface area contributed by atoms with Gasteiger partial charge >= 0.3 is 0 Å². The summed E-state index contributed by atoms with van der Waals surface area (Å²) in [7, 11) is 1.83. The fourth-order valence-electron chi connectivity index (χ4n) is 4.05. The number of aromatic amines is 1. The quantitative estimate of drug-likeness (QED) is 0.345. The SMILES string of the molecule is CN=C(NCc1cn[nH]c1C)NCC1(N2CCOCC2)CCCCC1.I. The maximum Gasteiger partial charge on any atom is 0.191 e. The van der Waals surface area contributed by atoms with Gasteiger partial charge < -0.3 is 15.4 Å². The number of hydrogen-bond donors (Lipinski definition) is 3. The first-order valence-corrected chi connectivity index (χ1v) is 9.50. The number of H-pyrrole nitrogens is 1. The van der Waals surface area contributed by atoms with Crippen LogP contribution >= 0.6 is 24.0 Å². The van der Waals surface area contributed by atoms with Gasteiger partial charge in [0.1, 0.15) is 0 Å². The van der Waals surface area contributed by atoms with E-state index in [4.69, 9.17) is 4.74 Å². The highest BCUT2D eigenvalue weighted by Gasteiger charge is 2.38. The highest BCUT2D eigenvalue weighted by molar-refractivity contribution is 14.0. The van der Waals surface area contributed by atoms with Crippen LogP contribution in [-0.2, 0) is 11.3 Å². The van der Waals surface area contributed by atoms with Crippen LogP contribution in [0.4, 0.5) is 0 Å². The van der Waals surface area contributed by atoms with Crippen molar-refractivity contribution in [3.63, 3.8) is 0 Å². The molecule has 0 spiro atoms. The van der Waals surface area contributed by atoms with E-state index >= 15 is 0 Å². The summed E-state index contributed by atoms with van der Waals surface area (Å²) in [6, 6.07) is 0. The normalized spacial score (nSPS) is 21.1. The van der Waals surface area contributed by atoms with Crippen LogP contribution in [0.5, 0.6) is 0 Å². The summed E-state index contributed by atoms with van der Waals surface area (Å²) in [5, 5.41) is 14.0. The second-order valence-electron chi connectivity index (χ2n) is 7.18. The summed E-state index contributed by atoms with van der Waals surface area (Å²) in [4.78, 5) is 7.05. The van der Waals surface area contributed by atoms with Gasteiger partial charge in [-0.2, -0.15) is 5.10 Å². The van der Waals surface area contributed by atoms with Crippen LogP contribution in [0.2, 0.25) is 0 Å². The molecule has 0 unspecified atom stereocenters. The van der Waals surface area contributed by atoms with Crippen molar-refractivity contribution in [2.75, 3.05) is 39.9 Å². The van der Waals surface area contributed by atoms with Crippen LogP contribution in [-0.4, -0.2) is 66.5 Å². The van der Waals surface area contributed by atoms with Crippen LogP contribution in [0.1, 0.15) is 43.4 Å². The molecule has 3 rings (SSSR count). The molecule has 1 saturated carbocycles. The molecule has 1 aliphatic carbocycles. The minimum Gasteiger partial charge on any atom is -0.379 e. The van der Waals surface area contributed by atoms with E-state index in [0.29, 0.717) is 0 Å². The van der Waals surface area contributed by atoms with E-state index in [0.717, 1.165) is 51.0 Å². The van der Waals surface area contributed by atoms with Crippen molar-refractivity contribution in [1.82, 2.24) is 25.7 Å². The van der Waals surface area contributed by atoms with Gasteiger partial charge in [-0.15, -0.1) is 24.0 Å². The molecular weight excluding hydrogens is 443 g/mol. The second-order valence-corrected chi connectivity index (χ2v) is 7.18. The average molecular weight is 476 g/mol. The van der Waals surface area contributed by atoms with Crippen molar-refractivity contribution in [2.45, 2.75) is 51.1 Å². The van der Waals surface area contributed by atoms with Crippen LogP contribution in [0.3, 0.4) is 0 Å². The lowest BCUT2D eigenvalue weighted by atomic mass is 9.80. The lowest BCUT2D eigenvalue weighted by molar-refractivity contribution is -0.0352. The summed E-state index contributed by atoms with van der Waals surface area (Å²) in [6.07, 6.45) is 8.39. The Hall–Kier alpha value is -0.870. The smallest absolute Gasteiger partial charge is 0.191 e. The van der Waals surface area contributed by atoms with Crippen LogP contribution in [0.15, 0.2) is 11.2 Å². The van der Waals surface area contributed by atoms with E-state index in [9.17, 15) is 0 Å². The minimum absolute atomic E-state index is 0. The minimum atomic E-state index is 0. The third kappa shape index (κ3) is 5.32. The number of aromatic nitrogens is 2. The van der Waals surface area contributed by atoms with Gasteiger partial charge in [0.15, 0.2) is 5.96 Å². The molecule has 0 atom stereocenters. The molecule has 1 saturated heterocycles. The Labute approximate surface area is 173 Å². The number of ether oxygens (including phenoxy) is 1. The topological polar surface area (TPSA) is 77.6 Å².